The maximum atomic E-state index is 13.5. The molecule has 0 spiro atoms. The summed E-state index contributed by atoms with van der Waals surface area (Å²) in [4.78, 5) is 13.6. The second-order valence-electron chi connectivity index (χ2n) is 4.15. The van der Waals surface area contributed by atoms with Gasteiger partial charge in [0, 0.05) is 25.2 Å². The molecule has 0 aliphatic carbocycles. The van der Waals surface area contributed by atoms with E-state index in [1.54, 1.807) is 4.90 Å². The minimum Gasteiger partial charge on any atom is -0.334 e. The minimum atomic E-state index is -0.822. The number of nitrogens with two attached hydrogens (primary N) is 1. The first-order chi connectivity index (χ1) is 8.13. The molecule has 6 heteroatoms. The smallest absolute Gasteiger partial charge is 0.257 e. The van der Waals surface area contributed by atoms with Crippen LogP contribution in [0.15, 0.2) is 18.2 Å². The third-order valence-electron chi connectivity index (χ3n) is 3.07. The van der Waals surface area contributed by atoms with E-state index in [-0.39, 0.29) is 24.0 Å². The molecule has 1 aliphatic heterocycles. The van der Waals surface area contributed by atoms with E-state index in [4.69, 9.17) is 5.73 Å². The number of likely N-dealkylation sites (tertiary alicyclic amines) is 1. The Morgan fingerprint density at radius 1 is 1.44 bits per heavy atom. The van der Waals surface area contributed by atoms with E-state index in [1.807, 2.05) is 0 Å². The molecule has 0 bridgehead atoms. The SMILES string of the molecule is Cl.NCC1CCCN1C(=O)c1ccc(F)cc1F. The molecule has 100 valence electrons. The van der Waals surface area contributed by atoms with Crippen LogP contribution in [0.3, 0.4) is 0 Å². The molecule has 1 atom stereocenters. The van der Waals surface area contributed by atoms with E-state index in [9.17, 15) is 13.6 Å². The highest BCUT2D eigenvalue weighted by Crippen LogP contribution is 2.20. The van der Waals surface area contributed by atoms with Gasteiger partial charge in [-0.2, -0.15) is 0 Å². The Bertz CT molecular complexity index is 442. The fourth-order valence-electron chi connectivity index (χ4n) is 2.17. The molecule has 1 saturated heterocycles. The predicted octanol–water partition coefficient (Wildman–Crippen LogP) is 1.95. The highest BCUT2D eigenvalue weighted by Gasteiger charge is 2.29. The van der Waals surface area contributed by atoms with Gasteiger partial charge < -0.3 is 10.6 Å². The van der Waals surface area contributed by atoms with Crippen molar-refractivity contribution < 1.29 is 13.6 Å². The summed E-state index contributed by atoms with van der Waals surface area (Å²) in [7, 11) is 0. The molecule has 1 aliphatic rings. The zero-order valence-electron chi connectivity index (χ0n) is 9.73. The lowest BCUT2D eigenvalue weighted by Gasteiger charge is -2.23. The number of carbonyl (C=O) groups is 1. The first kappa shape index (κ1) is 14.9. The van der Waals surface area contributed by atoms with Gasteiger partial charge in [0.1, 0.15) is 11.6 Å². The first-order valence-electron chi connectivity index (χ1n) is 5.59. The van der Waals surface area contributed by atoms with Gasteiger partial charge in [0.05, 0.1) is 5.56 Å². The van der Waals surface area contributed by atoms with E-state index >= 15 is 0 Å². The zero-order valence-corrected chi connectivity index (χ0v) is 10.6. The van der Waals surface area contributed by atoms with Crippen LogP contribution < -0.4 is 5.73 Å². The standard InChI is InChI=1S/C12H14F2N2O.ClH/c13-8-3-4-10(11(14)6-8)12(17)16-5-1-2-9(16)7-15;/h3-4,6,9H,1-2,5,7,15H2;1H. The first-order valence-corrected chi connectivity index (χ1v) is 5.59. The number of halogens is 3. The van der Waals surface area contributed by atoms with Crippen LogP contribution in [0.5, 0.6) is 0 Å². The molecule has 0 aromatic heterocycles. The van der Waals surface area contributed by atoms with Gasteiger partial charge in [0.2, 0.25) is 0 Å². The molecule has 0 radical (unpaired) electrons. The van der Waals surface area contributed by atoms with Crippen molar-refractivity contribution in [3.63, 3.8) is 0 Å². The monoisotopic (exact) mass is 276 g/mol. The molecule has 1 amide bonds. The van der Waals surface area contributed by atoms with E-state index < -0.39 is 17.5 Å². The molecule has 1 aromatic carbocycles. The summed E-state index contributed by atoms with van der Waals surface area (Å²) in [6.07, 6.45) is 1.71. The maximum absolute atomic E-state index is 13.5. The normalized spacial score (nSPS) is 18.6. The van der Waals surface area contributed by atoms with Crippen LogP contribution in [-0.4, -0.2) is 29.9 Å². The van der Waals surface area contributed by atoms with Crippen molar-refractivity contribution >= 4 is 18.3 Å². The van der Waals surface area contributed by atoms with Crippen molar-refractivity contribution in [1.82, 2.24) is 4.90 Å². The summed E-state index contributed by atoms with van der Waals surface area (Å²) in [6.45, 7) is 0.950. The second-order valence-corrected chi connectivity index (χ2v) is 4.15. The third kappa shape index (κ3) is 2.79. The van der Waals surface area contributed by atoms with Crippen LogP contribution in [-0.2, 0) is 0 Å². The largest absolute Gasteiger partial charge is 0.334 e. The van der Waals surface area contributed by atoms with Crippen molar-refractivity contribution in [2.24, 2.45) is 5.73 Å². The fourth-order valence-corrected chi connectivity index (χ4v) is 2.17. The Hall–Kier alpha value is -1.20. The molecule has 2 rings (SSSR count). The van der Waals surface area contributed by atoms with Crippen LogP contribution in [0.4, 0.5) is 8.78 Å². The average Bonchev–Trinajstić information content (AvgIpc) is 2.76. The Balaban J connectivity index is 0.00000162. The van der Waals surface area contributed by atoms with Gasteiger partial charge in [0.15, 0.2) is 0 Å². The Labute approximate surface area is 110 Å². The Morgan fingerprint density at radius 2 is 2.17 bits per heavy atom. The van der Waals surface area contributed by atoms with Gasteiger partial charge in [-0.25, -0.2) is 8.78 Å². The van der Waals surface area contributed by atoms with Crippen LogP contribution in [0.25, 0.3) is 0 Å². The number of rotatable bonds is 2. The van der Waals surface area contributed by atoms with Crippen LogP contribution >= 0.6 is 12.4 Å². The second kappa shape index (κ2) is 6.11. The van der Waals surface area contributed by atoms with Crippen molar-refractivity contribution in [2.75, 3.05) is 13.1 Å². The zero-order chi connectivity index (χ0) is 12.4. The number of benzene rings is 1. The predicted molar refractivity (Wildman–Crippen MR) is 66.7 cm³/mol. The highest BCUT2D eigenvalue weighted by molar-refractivity contribution is 5.94. The van der Waals surface area contributed by atoms with E-state index in [0.29, 0.717) is 13.1 Å². The van der Waals surface area contributed by atoms with E-state index in [2.05, 4.69) is 0 Å². The van der Waals surface area contributed by atoms with Gasteiger partial charge in [-0.3, -0.25) is 4.79 Å². The number of carbonyl (C=O) groups excluding carboxylic acids is 1. The van der Waals surface area contributed by atoms with Crippen molar-refractivity contribution in [1.29, 1.82) is 0 Å². The number of hydrogen-bond donors (Lipinski definition) is 1. The summed E-state index contributed by atoms with van der Waals surface area (Å²) in [6, 6.07) is 2.95. The van der Waals surface area contributed by atoms with Gasteiger partial charge in [-0.1, -0.05) is 0 Å². The van der Waals surface area contributed by atoms with E-state index in [0.717, 1.165) is 25.0 Å². The lowest BCUT2D eigenvalue weighted by atomic mass is 10.1. The molecule has 1 heterocycles. The molecule has 0 saturated carbocycles. The van der Waals surface area contributed by atoms with Gasteiger partial charge >= 0.3 is 0 Å². The summed E-state index contributed by atoms with van der Waals surface area (Å²) in [5.74, 6) is -1.91. The molecular formula is C12H15ClF2N2O. The summed E-state index contributed by atoms with van der Waals surface area (Å²) in [5.41, 5.74) is 5.46. The summed E-state index contributed by atoms with van der Waals surface area (Å²) in [5, 5.41) is 0. The van der Waals surface area contributed by atoms with E-state index in [1.165, 1.54) is 6.07 Å². The molecule has 2 N–H and O–H groups in total. The lowest BCUT2D eigenvalue weighted by molar-refractivity contribution is 0.0736. The maximum Gasteiger partial charge on any atom is 0.257 e. The molecule has 18 heavy (non-hydrogen) atoms. The fraction of sp³-hybridized carbons (Fsp3) is 0.417. The summed E-state index contributed by atoms with van der Waals surface area (Å²) < 4.78 is 26.2. The Morgan fingerprint density at radius 3 is 2.78 bits per heavy atom. The van der Waals surface area contributed by atoms with Gasteiger partial charge in [0.25, 0.3) is 5.91 Å². The molecule has 1 aromatic rings. The number of nitrogens with zero attached hydrogens (tertiary/aromatic N) is 1. The highest BCUT2D eigenvalue weighted by atomic mass is 35.5. The van der Waals surface area contributed by atoms with Gasteiger partial charge in [-0.15, -0.1) is 12.4 Å². The van der Waals surface area contributed by atoms with Crippen molar-refractivity contribution in [2.45, 2.75) is 18.9 Å². The summed E-state index contributed by atoms with van der Waals surface area (Å²) >= 11 is 0. The van der Waals surface area contributed by atoms with Crippen LogP contribution in [0, 0.1) is 11.6 Å². The molecule has 1 unspecified atom stereocenters. The van der Waals surface area contributed by atoms with Gasteiger partial charge in [-0.05, 0) is 25.0 Å². The Kier molecular flexibility index (Phi) is 5.04. The number of amides is 1. The van der Waals surface area contributed by atoms with Crippen molar-refractivity contribution in [3.05, 3.63) is 35.4 Å². The molecule has 1 fully saturated rings. The molecule has 3 nitrogen and oxygen atoms in total. The third-order valence-corrected chi connectivity index (χ3v) is 3.07. The van der Waals surface area contributed by atoms with Crippen LogP contribution in [0.1, 0.15) is 23.2 Å². The molecular weight excluding hydrogens is 262 g/mol. The number of hydrogen-bond acceptors (Lipinski definition) is 2. The lowest BCUT2D eigenvalue weighted by Crippen LogP contribution is -2.40. The quantitative estimate of drug-likeness (QED) is 0.897. The topological polar surface area (TPSA) is 46.3 Å². The van der Waals surface area contributed by atoms with Crippen molar-refractivity contribution in [3.8, 4) is 0 Å². The minimum absolute atomic E-state index is 0. The van der Waals surface area contributed by atoms with Crippen LogP contribution in [0.2, 0.25) is 0 Å². The average molecular weight is 277 g/mol.